The maximum Gasteiger partial charge on any atom is 0.573 e. The molecule has 1 spiro atoms. The van der Waals surface area contributed by atoms with Gasteiger partial charge in [0.1, 0.15) is 11.4 Å². The molecule has 1 heterocycles. The number of esters is 1. The van der Waals surface area contributed by atoms with Gasteiger partial charge in [0.05, 0.1) is 5.56 Å². The Labute approximate surface area is 240 Å². The largest absolute Gasteiger partial charge is 0.573 e. The number of benzene rings is 2. The monoisotopic (exact) mass is 574 g/mol. The Morgan fingerprint density at radius 2 is 1.49 bits per heavy atom. The lowest BCUT2D eigenvalue weighted by atomic mass is 9.65. The Bertz CT molecular complexity index is 1220. The number of urea groups is 1. The molecule has 0 radical (unpaired) electrons. The van der Waals surface area contributed by atoms with Crippen molar-refractivity contribution in [2.24, 2.45) is 11.3 Å². The number of hydrogen-bond acceptors (Lipinski definition) is 4. The summed E-state index contributed by atoms with van der Waals surface area (Å²) in [5.74, 6) is -0.166. The molecule has 9 heteroatoms. The topological polar surface area (TPSA) is 59.1 Å². The van der Waals surface area contributed by atoms with Crippen LogP contribution in [0.4, 0.5) is 23.7 Å². The molecule has 1 saturated carbocycles. The van der Waals surface area contributed by atoms with Crippen LogP contribution in [0.1, 0.15) is 89.6 Å². The molecule has 2 aliphatic rings. The molecule has 1 aliphatic carbocycles. The summed E-state index contributed by atoms with van der Waals surface area (Å²) in [6, 6.07) is 12.4. The molecule has 2 fully saturated rings. The van der Waals surface area contributed by atoms with E-state index in [0.29, 0.717) is 30.3 Å². The van der Waals surface area contributed by atoms with E-state index in [1.54, 1.807) is 17.0 Å². The summed E-state index contributed by atoms with van der Waals surface area (Å²) < 4.78 is 47.4. The van der Waals surface area contributed by atoms with E-state index in [1.165, 1.54) is 24.3 Å². The normalized spacial score (nSPS) is 22.2. The summed E-state index contributed by atoms with van der Waals surface area (Å²) in [6.45, 7) is 13.1. The number of anilines is 1. The fourth-order valence-electron chi connectivity index (χ4n) is 6.01. The highest BCUT2D eigenvalue weighted by Crippen LogP contribution is 2.47. The van der Waals surface area contributed by atoms with E-state index >= 15 is 0 Å². The molecular weight excluding hydrogens is 533 g/mol. The minimum atomic E-state index is -4.78. The zero-order valence-electron chi connectivity index (χ0n) is 24.8. The van der Waals surface area contributed by atoms with Gasteiger partial charge in [-0.3, -0.25) is 4.90 Å². The fraction of sp³-hybridized carbons (Fsp3) is 0.562. The molecule has 1 aliphatic heterocycles. The van der Waals surface area contributed by atoms with E-state index in [-0.39, 0.29) is 22.7 Å². The summed E-state index contributed by atoms with van der Waals surface area (Å²) in [7, 11) is 0. The van der Waals surface area contributed by atoms with Gasteiger partial charge in [0.2, 0.25) is 0 Å². The fourth-order valence-corrected chi connectivity index (χ4v) is 6.01. The first kappa shape index (κ1) is 30.7. The molecule has 0 aromatic heterocycles. The molecule has 0 atom stereocenters. The molecule has 1 saturated heterocycles. The van der Waals surface area contributed by atoms with Crippen LogP contribution in [-0.2, 0) is 11.3 Å². The van der Waals surface area contributed by atoms with Crippen molar-refractivity contribution >= 4 is 17.7 Å². The van der Waals surface area contributed by atoms with Crippen LogP contribution in [0.25, 0.3) is 0 Å². The molecule has 0 bridgehead atoms. The Balaban J connectivity index is 1.58. The summed E-state index contributed by atoms with van der Waals surface area (Å²) in [5.41, 5.74) is 1.13. The van der Waals surface area contributed by atoms with Crippen molar-refractivity contribution in [1.29, 1.82) is 0 Å². The SMILES string of the molecule is CC(C)(C)OC(=O)c1ccc(CN2C(=O)N(c3ccc(OC(F)(F)F)cc3)CCC23CCC(C(C)(C)C)CC3)cc1. The highest BCUT2D eigenvalue weighted by atomic mass is 19.4. The lowest BCUT2D eigenvalue weighted by Crippen LogP contribution is -2.63. The van der Waals surface area contributed by atoms with Crippen LogP contribution < -0.4 is 9.64 Å². The van der Waals surface area contributed by atoms with Crippen molar-refractivity contribution in [3.05, 3.63) is 59.7 Å². The lowest BCUT2D eigenvalue weighted by molar-refractivity contribution is -0.274. The van der Waals surface area contributed by atoms with E-state index in [4.69, 9.17) is 4.74 Å². The maximum absolute atomic E-state index is 14.1. The number of nitrogens with zero attached hydrogens (tertiary/aromatic N) is 2. The zero-order valence-corrected chi connectivity index (χ0v) is 24.8. The Hall–Kier alpha value is -3.23. The highest BCUT2D eigenvalue weighted by Gasteiger charge is 2.48. The third kappa shape index (κ3) is 7.54. The number of carbonyl (C=O) groups is 2. The van der Waals surface area contributed by atoms with E-state index < -0.39 is 17.9 Å². The number of amides is 2. The molecule has 2 aromatic carbocycles. The van der Waals surface area contributed by atoms with Gasteiger partial charge in [0.15, 0.2) is 0 Å². The second-order valence-electron chi connectivity index (χ2n) is 13.4. The zero-order chi connectivity index (χ0) is 30.2. The second kappa shape index (κ2) is 11.2. The van der Waals surface area contributed by atoms with Crippen molar-refractivity contribution < 1.29 is 32.2 Å². The second-order valence-corrected chi connectivity index (χ2v) is 13.4. The minimum Gasteiger partial charge on any atom is -0.456 e. The van der Waals surface area contributed by atoms with E-state index in [9.17, 15) is 22.8 Å². The highest BCUT2D eigenvalue weighted by molar-refractivity contribution is 5.93. The molecule has 6 nitrogen and oxygen atoms in total. The average molecular weight is 575 g/mol. The van der Waals surface area contributed by atoms with Gasteiger partial charge in [-0.2, -0.15) is 0 Å². The van der Waals surface area contributed by atoms with Gasteiger partial charge in [-0.15, -0.1) is 13.2 Å². The van der Waals surface area contributed by atoms with E-state index in [0.717, 1.165) is 37.7 Å². The van der Waals surface area contributed by atoms with Gasteiger partial charge in [-0.05, 0) is 106 Å². The van der Waals surface area contributed by atoms with Gasteiger partial charge in [-0.25, -0.2) is 9.59 Å². The molecule has 224 valence electrons. The van der Waals surface area contributed by atoms with Gasteiger partial charge >= 0.3 is 18.4 Å². The van der Waals surface area contributed by atoms with Crippen molar-refractivity contribution in [2.45, 2.75) is 97.7 Å². The quantitative estimate of drug-likeness (QED) is 0.337. The van der Waals surface area contributed by atoms with Crippen LogP contribution in [0.3, 0.4) is 0 Å². The minimum absolute atomic E-state index is 0.175. The Morgan fingerprint density at radius 3 is 2.00 bits per heavy atom. The number of ether oxygens (including phenoxy) is 2. The third-order valence-corrected chi connectivity index (χ3v) is 8.29. The van der Waals surface area contributed by atoms with Crippen LogP contribution >= 0.6 is 0 Å². The summed E-state index contributed by atoms with van der Waals surface area (Å²) in [6.07, 6.45) is -0.197. The van der Waals surface area contributed by atoms with Crippen LogP contribution in [0.2, 0.25) is 0 Å². The average Bonchev–Trinajstić information content (AvgIpc) is 2.85. The van der Waals surface area contributed by atoms with Crippen LogP contribution in [0, 0.1) is 11.3 Å². The molecule has 0 N–H and O–H groups in total. The van der Waals surface area contributed by atoms with Crippen LogP contribution in [0.15, 0.2) is 48.5 Å². The van der Waals surface area contributed by atoms with Crippen LogP contribution in [0.5, 0.6) is 5.75 Å². The molecule has 2 amide bonds. The van der Waals surface area contributed by atoms with Gasteiger partial charge in [-0.1, -0.05) is 32.9 Å². The number of rotatable bonds is 5. The number of carbonyl (C=O) groups excluding carboxylic acids is 2. The van der Waals surface area contributed by atoms with E-state index in [2.05, 4.69) is 25.5 Å². The van der Waals surface area contributed by atoms with Gasteiger partial charge < -0.3 is 14.4 Å². The number of halogens is 3. The van der Waals surface area contributed by atoms with Crippen molar-refractivity contribution in [3.63, 3.8) is 0 Å². The third-order valence-electron chi connectivity index (χ3n) is 8.29. The first-order chi connectivity index (χ1) is 19.0. The van der Waals surface area contributed by atoms with Gasteiger partial charge in [0, 0.05) is 24.3 Å². The van der Waals surface area contributed by atoms with Crippen LogP contribution in [-0.4, -0.2) is 40.9 Å². The first-order valence-corrected chi connectivity index (χ1v) is 14.2. The van der Waals surface area contributed by atoms with E-state index in [1.807, 2.05) is 37.8 Å². The molecule has 4 rings (SSSR count). The predicted octanol–water partition coefficient (Wildman–Crippen LogP) is 8.35. The van der Waals surface area contributed by atoms with Gasteiger partial charge in [0.25, 0.3) is 0 Å². The Kier molecular flexibility index (Phi) is 8.40. The van der Waals surface area contributed by atoms with Crippen molar-refractivity contribution in [1.82, 2.24) is 4.90 Å². The number of alkyl halides is 3. The summed E-state index contributed by atoms with van der Waals surface area (Å²) >= 11 is 0. The molecule has 0 unspecified atom stereocenters. The maximum atomic E-state index is 14.1. The molecular formula is C32H41F3N2O4. The smallest absolute Gasteiger partial charge is 0.456 e. The molecule has 2 aromatic rings. The summed E-state index contributed by atoms with van der Waals surface area (Å²) in [5, 5.41) is 0. The standard InChI is InChI=1S/C32H41F3N2O4/c1-29(2,3)24-15-17-31(18-16-24)19-20-36(25-11-13-26(14-12-25)40-32(33,34)35)28(39)37(31)21-22-7-9-23(10-8-22)27(38)41-30(4,5)6/h7-14,24H,15-21H2,1-6H3. The van der Waals surface area contributed by atoms with Crippen molar-refractivity contribution in [3.8, 4) is 5.75 Å². The Morgan fingerprint density at radius 1 is 0.902 bits per heavy atom. The van der Waals surface area contributed by atoms with Crippen molar-refractivity contribution in [2.75, 3.05) is 11.4 Å². The summed E-state index contributed by atoms with van der Waals surface area (Å²) in [4.78, 5) is 30.2. The lowest BCUT2D eigenvalue weighted by Gasteiger charge is -2.54. The first-order valence-electron chi connectivity index (χ1n) is 14.2. The predicted molar refractivity (Wildman–Crippen MR) is 152 cm³/mol. The molecule has 41 heavy (non-hydrogen) atoms. The number of hydrogen-bond donors (Lipinski definition) is 0.